The molecule has 27 heavy (non-hydrogen) atoms. The minimum atomic E-state index is -0.484. The van der Waals surface area contributed by atoms with Gasteiger partial charge in [-0.3, -0.25) is 9.59 Å². The highest BCUT2D eigenvalue weighted by Crippen LogP contribution is 2.47. The maximum Gasteiger partial charge on any atom is 0.341 e. The van der Waals surface area contributed by atoms with Gasteiger partial charge in [-0.15, -0.1) is 23.1 Å². The van der Waals surface area contributed by atoms with Gasteiger partial charge in [0.1, 0.15) is 11.0 Å². The second-order valence-electron chi connectivity index (χ2n) is 7.51. The van der Waals surface area contributed by atoms with Crippen LogP contribution in [0.5, 0.6) is 0 Å². The maximum atomic E-state index is 13.0. The summed E-state index contributed by atoms with van der Waals surface area (Å²) in [5.74, 6) is 0.0284. The number of hydrogen-bond acceptors (Lipinski definition) is 6. The normalized spacial score (nSPS) is 27.1. The highest BCUT2D eigenvalue weighted by molar-refractivity contribution is 8.01. The molecule has 1 N–H and O–H groups in total. The summed E-state index contributed by atoms with van der Waals surface area (Å²) in [5, 5.41) is 3.54. The van der Waals surface area contributed by atoms with Crippen LogP contribution in [0.2, 0.25) is 0 Å². The first kappa shape index (κ1) is 18.8. The molecular weight excluding hydrogens is 384 g/mol. The quantitative estimate of drug-likeness (QED) is 0.614. The Morgan fingerprint density at radius 2 is 2.00 bits per heavy atom. The largest absolute Gasteiger partial charge is 0.465 e. The van der Waals surface area contributed by atoms with Gasteiger partial charge in [-0.1, -0.05) is 6.42 Å². The highest BCUT2D eigenvalue weighted by Gasteiger charge is 2.53. The molecular formula is C19H24N2O4S2. The lowest BCUT2D eigenvalue weighted by molar-refractivity contribution is -0.135. The Hall–Kier alpha value is -1.54. The predicted molar refractivity (Wildman–Crippen MR) is 106 cm³/mol. The van der Waals surface area contributed by atoms with Crippen molar-refractivity contribution in [2.45, 2.75) is 62.8 Å². The number of fused-ring (bicyclic) bond motifs is 2. The Kier molecular flexibility index (Phi) is 4.96. The van der Waals surface area contributed by atoms with Crippen molar-refractivity contribution in [2.24, 2.45) is 0 Å². The molecule has 3 heterocycles. The van der Waals surface area contributed by atoms with Crippen LogP contribution in [-0.2, 0) is 27.2 Å². The van der Waals surface area contributed by atoms with E-state index in [0.29, 0.717) is 22.7 Å². The maximum absolute atomic E-state index is 13.0. The van der Waals surface area contributed by atoms with E-state index in [0.717, 1.165) is 44.1 Å². The van der Waals surface area contributed by atoms with Gasteiger partial charge >= 0.3 is 5.97 Å². The van der Waals surface area contributed by atoms with E-state index in [1.807, 2.05) is 6.92 Å². The first-order valence-corrected chi connectivity index (χ1v) is 11.2. The highest BCUT2D eigenvalue weighted by atomic mass is 32.2. The minimum absolute atomic E-state index is 0.0396. The summed E-state index contributed by atoms with van der Waals surface area (Å²) in [7, 11) is 1.37. The van der Waals surface area contributed by atoms with Crippen LogP contribution in [-0.4, -0.2) is 46.5 Å². The number of methoxy groups -OCH3 is 1. The second-order valence-corrected chi connectivity index (χ2v) is 10.1. The van der Waals surface area contributed by atoms with Gasteiger partial charge in [0.2, 0.25) is 11.8 Å². The molecule has 146 valence electrons. The molecule has 0 bridgehead atoms. The van der Waals surface area contributed by atoms with Crippen LogP contribution in [0.15, 0.2) is 0 Å². The molecule has 8 heteroatoms. The summed E-state index contributed by atoms with van der Waals surface area (Å²) in [6.45, 7) is 2.03. The molecule has 4 rings (SSSR count). The van der Waals surface area contributed by atoms with Crippen molar-refractivity contribution in [3.8, 4) is 0 Å². The number of thioether (sulfide) groups is 1. The van der Waals surface area contributed by atoms with E-state index >= 15 is 0 Å². The predicted octanol–water partition coefficient (Wildman–Crippen LogP) is 3.20. The summed E-state index contributed by atoms with van der Waals surface area (Å²) in [5.41, 5.74) is 1.54. The lowest BCUT2D eigenvalue weighted by atomic mass is 10.1. The lowest BCUT2D eigenvalue weighted by Gasteiger charge is -2.29. The van der Waals surface area contributed by atoms with E-state index in [1.165, 1.54) is 23.3 Å². The van der Waals surface area contributed by atoms with Gasteiger partial charge in [-0.25, -0.2) is 4.79 Å². The van der Waals surface area contributed by atoms with Crippen molar-refractivity contribution < 1.29 is 19.1 Å². The number of nitrogens with zero attached hydrogens (tertiary/aromatic N) is 1. The Bertz CT molecular complexity index is 806. The summed E-state index contributed by atoms with van der Waals surface area (Å²) < 4.78 is 5.00. The summed E-state index contributed by atoms with van der Waals surface area (Å²) >= 11 is 3.16. The molecule has 1 aromatic rings. The fraction of sp³-hybridized carbons (Fsp3) is 0.632. The molecule has 1 aliphatic carbocycles. The van der Waals surface area contributed by atoms with E-state index in [1.54, 1.807) is 16.7 Å². The van der Waals surface area contributed by atoms with Gasteiger partial charge in [0, 0.05) is 17.1 Å². The van der Waals surface area contributed by atoms with Gasteiger partial charge in [-0.05, 0) is 44.6 Å². The number of aryl methyl sites for hydroxylation is 1. The number of hydrogen-bond donors (Lipinski definition) is 1. The van der Waals surface area contributed by atoms with E-state index in [9.17, 15) is 14.4 Å². The molecule has 2 aliphatic heterocycles. The van der Waals surface area contributed by atoms with Crippen LogP contribution >= 0.6 is 23.1 Å². The Morgan fingerprint density at radius 3 is 2.78 bits per heavy atom. The van der Waals surface area contributed by atoms with Crippen LogP contribution in [0.4, 0.5) is 5.00 Å². The fourth-order valence-electron chi connectivity index (χ4n) is 4.36. The Balaban J connectivity index is 1.62. The van der Waals surface area contributed by atoms with E-state index in [-0.39, 0.29) is 16.7 Å². The first-order valence-electron chi connectivity index (χ1n) is 9.44. The number of rotatable bonds is 3. The van der Waals surface area contributed by atoms with Crippen LogP contribution in [0.25, 0.3) is 0 Å². The van der Waals surface area contributed by atoms with Gasteiger partial charge in [0.05, 0.1) is 17.5 Å². The molecule has 0 radical (unpaired) electrons. The molecule has 2 saturated heterocycles. The average molecular weight is 409 g/mol. The van der Waals surface area contributed by atoms with Crippen LogP contribution in [0, 0.1) is 0 Å². The van der Waals surface area contributed by atoms with Crippen molar-refractivity contribution in [3.05, 3.63) is 16.0 Å². The van der Waals surface area contributed by atoms with Crippen LogP contribution < -0.4 is 5.32 Å². The van der Waals surface area contributed by atoms with Crippen molar-refractivity contribution in [2.75, 3.05) is 18.2 Å². The molecule has 3 aliphatic rings. The number of esters is 1. The summed E-state index contributed by atoms with van der Waals surface area (Å²) in [6, 6.07) is -0.484. The van der Waals surface area contributed by atoms with Crippen molar-refractivity contribution in [3.63, 3.8) is 0 Å². The van der Waals surface area contributed by atoms with Gasteiger partial charge in [-0.2, -0.15) is 0 Å². The molecule has 0 aromatic carbocycles. The number of ether oxygens (including phenoxy) is 1. The average Bonchev–Trinajstić information content (AvgIpc) is 3.19. The van der Waals surface area contributed by atoms with Gasteiger partial charge in [0.15, 0.2) is 0 Å². The minimum Gasteiger partial charge on any atom is -0.465 e. The van der Waals surface area contributed by atoms with Gasteiger partial charge in [0.25, 0.3) is 0 Å². The number of carbonyl (C=O) groups is 3. The van der Waals surface area contributed by atoms with Crippen molar-refractivity contribution in [1.29, 1.82) is 0 Å². The molecule has 2 atom stereocenters. The Labute approximate surface area is 167 Å². The summed E-state index contributed by atoms with van der Waals surface area (Å²) in [4.78, 5) is 40.4. The van der Waals surface area contributed by atoms with E-state index < -0.39 is 12.0 Å². The SMILES string of the molecule is COC(=O)c1c(NC(=O)C2CSC3(C)CCC(=O)N23)sc2c1CCCCC2. The molecule has 1 aromatic heterocycles. The molecule has 0 saturated carbocycles. The third kappa shape index (κ3) is 3.16. The number of nitrogens with one attached hydrogen (secondary N) is 1. The Morgan fingerprint density at radius 1 is 1.22 bits per heavy atom. The van der Waals surface area contributed by atoms with Crippen molar-refractivity contribution in [1.82, 2.24) is 4.90 Å². The molecule has 6 nitrogen and oxygen atoms in total. The van der Waals surface area contributed by atoms with Crippen LogP contribution in [0.1, 0.15) is 59.8 Å². The number of anilines is 1. The smallest absolute Gasteiger partial charge is 0.341 e. The van der Waals surface area contributed by atoms with Crippen molar-refractivity contribution >= 4 is 45.9 Å². The standard InChI is InChI=1S/C19H24N2O4S2/c1-19-9-8-14(22)21(19)12(10-26-19)16(23)20-17-15(18(24)25-2)11-6-4-3-5-7-13(11)27-17/h12H,3-10H2,1-2H3,(H,20,23). The monoisotopic (exact) mass is 408 g/mol. The number of thiophene rings is 1. The topological polar surface area (TPSA) is 75.7 Å². The second kappa shape index (κ2) is 7.13. The fourth-order valence-corrected chi connectivity index (χ4v) is 7.07. The third-order valence-corrected chi connectivity index (χ3v) is 8.51. The van der Waals surface area contributed by atoms with E-state index in [4.69, 9.17) is 4.74 Å². The first-order chi connectivity index (χ1) is 12.9. The molecule has 0 spiro atoms. The third-order valence-electron chi connectivity index (χ3n) is 5.80. The molecule has 2 unspecified atom stereocenters. The molecule has 2 amide bonds. The van der Waals surface area contributed by atoms with Gasteiger partial charge < -0.3 is 15.0 Å². The van der Waals surface area contributed by atoms with Crippen LogP contribution in [0.3, 0.4) is 0 Å². The number of amides is 2. The zero-order valence-electron chi connectivity index (χ0n) is 15.6. The lowest BCUT2D eigenvalue weighted by Crippen LogP contribution is -2.48. The number of carbonyl (C=O) groups excluding carboxylic acids is 3. The van der Waals surface area contributed by atoms with E-state index in [2.05, 4.69) is 5.32 Å². The molecule has 2 fully saturated rings. The zero-order valence-corrected chi connectivity index (χ0v) is 17.3. The zero-order chi connectivity index (χ0) is 19.2. The summed E-state index contributed by atoms with van der Waals surface area (Å²) in [6.07, 6.45) is 6.34.